The average molecular weight is 858 g/mol. The fourth-order valence-corrected chi connectivity index (χ4v) is 6.72. The van der Waals surface area contributed by atoms with Crippen LogP contribution in [-0.4, -0.2) is 46.9 Å². The largest absolute Gasteiger partial charge is 0.462 e. The maximum Gasteiger partial charge on any atom is 0.306 e. The number of amides is 1. The third kappa shape index (κ3) is 42.9. The number of esters is 1. The molecule has 62 heavy (non-hydrogen) atoms. The lowest BCUT2D eigenvalue weighted by Gasteiger charge is -2.24. The van der Waals surface area contributed by atoms with Crippen molar-refractivity contribution in [2.24, 2.45) is 0 Å². The summed E-state index contributed by atoms with van der Waals surface area (Å²) < 4.78 is 5.87. The van der Waals surface area contributed by atoms with E-state index in [2.05, 4.69) is 99.0 Å². The number of unbranched alkanes of at least 4 members (excludes halogenated alkanes) is 14. The molecule has 0 aromatic rings. The third-order valence-electron chi connectivity index (χ3n) is 10.4. The van der Waals surface area contributed by atoms with E-state index in [1.54, 1.807) is 0 Å². The van der Waals surface area contributed by atoms with Crippen LogP contribution in [-0.2, 0) is 14.3 Å². The fraction of sp³-hybridized carbons (Fsp3) is 0.607. The zero-order chi connectivity index (χ0) is 45.2. The summed E-state index contributed by atoms with van der Waals surface area (Å²) in [6, 6.07) is -0.739. The topological polar surface area (TPSA) is 95.9 Å². The molecule has 6 heteroatoms. The van der Waals surface area contributed by atoms with Gasteiger partial charge in [0.15, 0.2) is 0 Å². The number of nitrogens with one attached hydrogen (secondary N) is 1. The van der Waals surface area contributed by atoms with E-state index in [1.807, 2.05) is 48.6 Å². The van der Waals surface area contributed by atoms with Gasteiger partial charge in [0.1, 0.15) is 6.10 Å². The summed E-state index contributed by atoms with van der Waals surface area (Å²) in [4.78, 5) is 26.1. The van der Waals surface area contributed by atoms with E-state index in [-0.39, 0.29) is 24.9 Å². The molecule has 0 rings (SSSR count). The lowest BCUT2D eigenvalue weighted by molar-refractivity contribution is -0.151. The van der Waals surface area contributed by atoms with Crippen molar-refractivity contribution in [3.63, 3.8) is 0 Å². The first-order chi connectivity index (χ1) is 30.5. The van der Waals surface area contributed by atoms with Crippen LogP contribution in [0.2, 0.25) is 0 Å². The molecule has 0 aromatic carbocycles. The monoisotopic (exact) mass is 858 g/mol. The molecule has 0 spiro atoms. The summed E-state index contributed by atoms with van der Waals surface area (Å²) in [5.41, 5.74) is 0. The molecule has 0 aliphatic heterocycles. The Labute approximate surface area is 380 Å². The van der Waals surface area contributed by atoms with Crippen molar-refractivity contribution in [1.29, 1.82) is 0 Å². The van der Waals surface area contributed by atoms with E-state index < -0.39 is 18.2 Å². The standard InChI is InChI=1S/C56H91NO5/c1-4-7-10-13-16-19-22-24-25-26-27-28-29-31-34-37-40-43-46-49-56(61)62-52(47-44-41-38-35-33-30-23-20-17-14-11-8-5-2)50-55(60)57-53(51-58)54(59)48-45-42-39-36-32-21-18-15-12-9-6-3/h7-8,10-11,14,16-17,19-20,23-25,27-28,30-31,33-35,38,52-54,58-59H,4-6,9,12-13,15,18,21-22,26,29,32,36-37,39-51H2,1-3H3,(H,57,60)/b10-7-,11-8+,17-14+,19-16-,23-20-,25-24-,28-27-,33-30-,34-31-,38-35+. The van der Waals surface area contributed by atoms with Gasteiger partial charge in [-0.25, -0.2) is 0 Å². The number of carbonyl (C=O) groups excluding carboxylic acids is 2. The Hall–Kier alpha value is -3.74. The van der Waals surface area contributed by atoms with Crippen LogP contribution in [0.3, 0.4) is 0 Å². The van der Waals surface area contributed by atoms with Crippen molar-refractivity contribution in [1.82, 2.24) is 5.32 Å². The highest BCUT2D eigenvalue weighted by Gasteiger charge is 2.24. The summed E-state index contributed by atoms with van der Waals surface area (Å²) in [5.74, 6) is -0.598. The van der Waals surface area contributed by atoms with Gasteiger partial charge in [-0.1, -0.05) is 219 Å². The van der Waals surface area contributed by atoms with Crippen molar-refractivity contribution in [3.05, 3.63) is 122 Å². The van der Waals surface area contributed by atoms with Crippen molar-refractivity contribution < 1.29 is 24.5 Å². The lowest BCUT2D eigenvalue weighted by Crippen LogP contribution is -2.46. The zero-order valence-electron chi connectivity index (χ0n) is 39.7. The van der Waals surface area contributed by atoms with Crippen LogP contribution in [0.25, 0.3) is 0 Å². The number of hydrogen-bond donors (Lipinski definition) is 3. The Morgan fingerprint density at radius 1 is 0.500 bits per heavy atom. The van der Waals surface area contributed by atoms with Gasteiger partial charge in [-0.05, 0) is 83.5 Å². The van der Waals surface area contributed by atoms with Crippen LogP contribution in [0.5, 0.6) is 0 Å². The van der Waals surface area contributed by atoms with Crippen LogP contribution in [0.4, 0.5) is 0 Å². The van der Waals surface area contributed by atoms with E-state index >= 15 is 0 Å². The maximum absolute atomic E-state index is 13.2. The Bertz CT molecular complexity index is 1330. The van der Waals surface area contributed by atoms with E-state index in [9.17, 15) is 19.8 Å². The molecule has 3 atom stereocenters. The van der Waals surface area contributed by atoms with Gasteiger partial charge in [0.05, 0.1) is 25.2 Å². The minimum atomic E-state index is -0.819. The van der Waals surface area contributed by atoms with E-state index in [4.69, 9.17) is 4.74 Å². The number of hydrogen-bond acceptors (Lipinski definition) is 5. The molecule has 3 unspecified atom stereocenters. The molecule has 0 saturated heterocycles. The molecule has 0 saturated carbocycles. The second-order valence-corrected chi connectivity index (χ2v) is 16.2. The Balaban J connectivity index is 4.76. The van der Waals surface area contributed by atoms with Gasteiger partial charge in [-0.2, -0.15) is 0 Å². The van der Waals surface area contributed by atoms with Gasteiger partial charge in [0.25, 0.3) is 0 Å². The summed E-state index contributed by atoms with van der Waals surface area (Å²) in [7, 11) is 0. The Kier molecular flexibility index (Phi) is 45.4. The Morgan fingerprint density at radius 2 is 0.968 bits per heavy atom. The zero-order valence-corrected chi connectivity index (χ0v) is 39.7. The number of carbonyl (C=O) groups is 2. The van der Waals surface area contributed by atoms with Gasteiger partial charge in [0, 0.05) is 6.42 Å². The molecule has 0 bridgehead atoms. The van der Waals surface area contributed by atoms with Crippen molar-refractivity contribution in [2.75, 3.05) is 6.61 Å². The number of allylic oxidation sites excluding steroid dienone is 20. The van der Waals surface area contributed by atoms with Crippen LogP contribution < -0.4 is 5.32 Å². The SMILES string of the molecule is CC/C=C\C/C=C\C/C=C\C/C=C\C/C=C\CCCCCC(=O)OC(CCC/C=C/C=C\C=C/C=C/C=C/CC)CC(=O)NC(CO)C(O)CCCCCCCCCCCCC. The van der Waals surface area contributed by atoms with Crippen LogP contribution >= 0.6 is 0 Å². The minimum absolute atomic E-state index is 0.00680. The van der Waals surface area contributed by atoms with Gasteiger partial charge in [0.2, 0.25) is 5.91 Å². The van der Waals surface area contributed by atoms with Crippen molar-refractivity contribution in [3.8, 4) is 0 Å². The summed E-state index contributed by atoms with van der Waals surface area (Å²) >= 11 is 0. The van der Waals surface area contributed by atoms with Gasteiger partial charge >= 0.3 is 5.97 Å². The predicted molar refractivity (Wildman–Crippen MR) is 268 cm³/mol. The lowest BCUT2D eigenvalue weighted by atomic mass is 10.0. The third-order valence-corrected chi connectivity index (χ3v) is 10.4. The van der Waals surface area contributed by atoms with Crippen LogP contribution in [0.15, 0.2) is 122 Å². The molecule has 3 N–H and O–H groups in total. The average Bonchev–Trinajstić information content (AvgIpc) is 3.26. The molecule has 350 valence electrons. The highest BCUT2D eigenvalue weighted by molar-refractivity contribution is 5.77. The molecule has 0 aliphatic carbocycles. The van der Waals surface area contributed by atoms with Gasteiger partial charge in [-0.3, -0.25) is 9.59 Å². The van der Waals surface area contributed by atoms with E-state index in [0.29, 0.717) is 19.3 Å². The predicted octanol–water partition coefficient (Wildman–Crippen LogP) is 14.9. The summed E-state index contributed by atoms with van der Waals surface area (Å²) in [5, 5.41) is 23.7. The Morgan fingerprint density at radius 3 is 1.52 bits per heavy atom. The summed E-state index contributed by atoms with van der Waals surface area (Å²) in [6.45, 7) is 6.17. The number of aliphatic hydroxyl groups excluding tert-OH is 2. The first-order valence-corrected chi connectivity index (χ1v) is 24.8. The molecule has 0 aromatic heterocycles. The number of ether oxygens (including phenoxy) is 1. The quantitative estimate of drug-likeness (QED) is 0.0246. The van der Waals surface area contributed by atoms with Crippen LogP contribution in [0.1, 0.15) is 194 Å². The number of aliphatic hydroxyl groups is 2. The molecule has 1 amide bonds. The first kappa shape index (κ1) is 58.3. The molecular formula is C56H91NO5. The van der Waals surface area contributed by atoms with E-state index in [1.165, 1.54) is 51.4 Å². The van der Waals surface area contributed by atoms with Crippen LogP contribution in [0, 0.1) is 0 Å². The minimum Gasteiger partial charge on any atom is -0.462 e. The normalized spacial score (nSPS) is 14.3. The smallest absolute Gasteiger partial charge is 0.306 e. The molecule has 0 fully saturated rings. The van der Waals surface area contributed by atoms with Gasteiger partial charge in [-0.15, -0.1) is 0 Å². The van der Waals surface area contributed by atoms with Crippen molar-refractivity contribution in [2.45, 2.75) is 212 Å². The first-order valence-electron chi connectivity index (χ1n) is 24.8. The highest BCUT2D eigenvalue weighted by Crippen LogP contribution is 2.16. The summed E-state index contributed by atoms with van der Waals surface area (Å²) in [6.07, 6.45) is 66.9. The van der Waals surface area contributed by atoms with Gasteiger partial charge < -0.3 is 20.3 Å². The highest BCUT2D eigenvalue weighted by atomic mass is 16.5. The second kappa shape index (κ2) is 48.3. The molecule has 6 nitrogen and oxygen atoms in total. The van der Waals surface area contributed by atoms with Crippen molar-refractivity contribution >= 4 is 11.9 Å². The molecule has 0 heterocycles. The molecule has 0 aliphatic rings. The maximum atomic E-state index is 13.2. The van der Waals surface area contributed by atoms with E-state index in [0.717, 1.165) is 96.3 Å². The number of rotatable bonds is 42. The molecular weight excluding hydrogens is 767 g/mol. The second-order valence-electron chi connectivity index (χ2n) is 16.2. The fourth-order valence-electron chi connectivity index (χ4n) is 6.72. The molecule has 0 radical (unpaired) electrons.